The summed E-state index contributed by atoms with van der Waals surface area (Å²) in [6.45, 7) is 1.90. The van der Waals surface area contributed by atoms with E-state index >= 15 is 0 Å². The summed E-state index contributed by atoms with van der Waals surface area (Å²) in [5, 5.41) is 10.6. The Bertz CT molecular complexity index is 784. The first kappa shape index (κ1) is 13.7. The summed E-state index contributed by atoms with van der Waals surface area (Å²) in [6, 6.07) is 0.325. The van der Waals surface area contributed by atoms with Gasteiger partial charge in [0, 0.05) is 31.2 Å². The summed E-state index contributed by atoms with van der Waals surface area (Å²) in [5.74, 6) is 1.41. The third kappa shape index (κ3) is 2.86. The van der Waals surface area contributed by atoms with Gasteiger partial charge in [-0.3, -0.25) is 4.98 Å². The van der Waals surface area contributed by atoms with E-state index in [1.807, 2.05) is 0 Å². The van der Waals surface area contributed by atoms with Crippen molar-refractivity contribution in [2.45, 2.75) is 12.5 Å². The minimum atomic E-state index is 0.325. The minimum absolute atomic E-state index is 0.325. The first-order valence-corrected chi connectivity index (χ1v) is 7.28. The molecule has 9 nitrogen and oxygen atoms in total. The molecule has 1 atom stereocenters. The number of hydrogen-bond donors (Lipinski definition) is 2. The Labute approximate surface area is 131 Å². The minimum Gasteiger partial charge on any atom is -0.365 e. The molecule has 3 aromatic heterocycles. The van der Waals surface area contributed by atoms with Crippen molar-refractivity contribution >= 4 is 5.82 Å². The van der Waals surface area contributed by atoms with Crippen molar-refractivity contribution < 1.29 is 4.52 Å². The van der Waals surface area contributed by atoms with Gasteiger partial charge in [0.15, 0.2) is 0 Å². The second kappa shape index (κ2) is 6.05. The van der Waals surface area contributed by atoms with E-state index in [0.29, 0.717) is 34.8 Å². The van der Waals surface area contributed by atoms with Gasteiger partial charge in [0.05, 0.1) is 6.20 Å². The summed E-state index contributed by atoms with van der Waals surface area (Å²) >= 11 is 0. The molecule has 0 spiro atoms. The fourth-order valence-electron chi connectivity index (χ4n) is 2.42. The molecule has 0 amide bonds. The first-order valence-electron chi connectivity index (χ1n) is 7.28. The molecule has 2 N–H and O–H groups in total. The van der Waals surface area contributed by atoms with E-state index in [-0.39, 0.29) is 0 Å². The van der Waals surface area contributed by atoms with Crippen LogP contribution in [0.1, 0.15) is 6.42 Å². The fraction of sp³-hybridized carbons (Fsp3) is 0.286. The summed E-state index contributed by atoms with van der Waals surface area (Å²) in [4.78, 5) is 20.9. The predicted octanol–water partition coefficient (Wildman–Crippen LogP) is 0.757. The Morgan fingerprint density at radius 3 is 3.00 bits per heavy atom. The van der Waals surface area contributed by atoms with Crippen molar-refractivity contribution in [1.82, 2.24) is 35.4 Å². The van der Waals surface area contributed by atoms with Gasteiger partial charge in [-0.2, -0.15) is 4.98 Å². The standard InChI is InChI=1S/C14H14N8O/c1-2-15-5-9(1)20-12-10(6-17-8-19-12)14-21-13(22-23-14)11-7-16-3-4-18-11/h3-4,6-9,15H,1-2,5H2,(H,17,19,20). The lowest BCUT2D eigenvalue weighted by Gasteiger charge is -2.13. The highest BCUT2D eigenvalue weighted by Crippen LogP contribution is 2.26. The lowest BCUT2D eigenvalue weighted by atomic mass is 10.2. The molecule has 0 aliphatic carbocycles. The second-order valence-corrected chi connectivity index (χ2v) is 5.13. The molecule has 3 aromatic rings. The Hall–Kier alpha value is -2.94. The van der Waals surface area contributed by atoms with Gasteiger partial charge in [-0.1, -0.05) is 5.16 Å². The molecule has 4 rings (SSSR count). The third-order valence-corrected chi connectivity index (χ3v) is 3.56. The molecule has 0 radical (unpaired) electrons. The zero-order valence-electron chi connectivity index (χ0n) is 12.2. The number of aromatic nitrogens is 6. The lowest BCUT2D eigenvalue weighted by molar-refractivity contribution is 0.432. The van der Waals surface area contributed by atoms with Crippen LogP contribution >= 0.6 is 0 Å². The number of hydrogen-bond acceptors (Lipinski definition) is 9. The fourth-order valence-corrected chi connectivity index (χ4v) is 2.42. The first-order chi connectivity index (χ1) is 11.4. The molecule has 1 aliphatic rings. The molecule has 1 aliphatic heterocycles. The van der Waals surface area contributed by atoms with Crippen LogP contribution < -0.4 is 10.6 Å². The van der Waals surface area contributed by atoms with Crippen LogP contribution in [0, 0.1) is 0 Å². The van der Waals surface area contributed by atoms with Crippen LogP contribution in [-0.2, 0) is 0 Å². The molecule has 116 valence electrons. The smallest absolute Gasteiger partial charge is 0.263 e. The van der Waals surface area contributed by atoms with E-state index in [1.54, 1.807) is 24.8 Å². The Balaban J connectivity index is 1.64. The Kier molecular flexibility index (Phi) is 3.60. The molecule has 1 fully saturated rings. The van der Waals surface area contributed by atoms with Gasteiger partial charge >= 0.3 is 0 Å². The van der Waals surface area contributed by atoms with Crippen molar-refractivity contribution in [3.05, 3.63) is 31.1 Å². The van der Waals surface area contributed by atoms with E-state index in [0.717, 1.165) is 19.5 Å². The number of anilines is 1. The molecular weight excluding hydrogens is 296 g/mol. The van der Waals surface area contributed by atoms with Crippen molar-refractivity contribution in [1.29, 1.82) is 0 Å². The molecule has 0 bridgehead atoms. The van der Waals surface area contributed by atoms with Gasteiger partial charge in [-0.15, -0.1) is 0 Å². The molecule has 4 heterocycles. The van der Waals surface area contributed by atoms with Crippen LogP contribution in [0.2, 0.25) is 0 Å². The lowest BCUT2D eigenvalue weighted by Crippen LogP contribution is -2.23. The van der Waals surface area contributed by atoms with Crippen LogP contribution in [-0.4, -0.2) is 49.2 Å². The van der Waals surface area contributed by atoms with E-state index in [4.69, 9.17) is 4.52 Å². The molecule has 0 saturated carbocycles. The zero-order valence-corrected chi connectivity index (χ0v) is 12.2. The van der Waals surface area contributed by atoms with Gasteiger partial charge in [-0.25, -0.2) is 15.0 Å². The summed E-state index contributed by atoms with van der Waals surface area (Å²) in [6.07, 6.45) is 8.95. The van der Waals surface area contributed by atoms with Gasteiger partial charge in [0.25, 0.3) is 5.89 Å². The van der Waals surface area contributed by atoms with E-state index < -0.39 is 0 Å². The Morgan fingerprint density at radius 1 is 1.17 bits per heavy atom. The monoisotopic (exact) mass is 310 g/mol. The summed E-state index contributed by atoms with van der Waals surface area (Å²) in [7, 11) is 0. The van der Waals surface area contributed by atoms with Crippen LogP contribution in [0.3, 0.4) is 0 Å². The van der Waals surface area contributed by atoms with Gasteiger partial charge in [-0.05, 0) is 13.0 Å². The highest BCUT2D eigenvalue weighted by Gasteiger charge is 2.20. The van der Waals surface area contributed by atoms with Gasteiger partial charge in [0.1, 0.15) is 23.4 Å². The highest BCUT2D eigenvalue weighted by atomic mass is 16.5. The SMILES string of the molecule is c1cnc(-c2noc(-c3cncnc3NC3CCNC3)n2)cn1. The van der Waals surface area contributed by atoms with Crippen molar-refractivity contribution in [3.63, 3.8) is 0 Å². The maximum Gasteiger partial charge on any atom is 0.263 e. The van der Waals surface area contributed by atoms with E-state index in [2.05, 4.69) is 40.7 Å². The number of nitrogens with zero attached hydrogens (tertiary/aromatic N) is 6. The molecule has 9 heteroatoms. The van der Waals surface area contributed by atoms with Crippen molar-refractivity contribution in [2.75, 3.05) is 18.4 Å². The average Bonchev–Trinajstić information content (AvgIpc) is 3.28. The molecular formula is C14H14N8O. The van der Waals surface area contributed by atoms with Gasteiger partial charge < -0.3 is 15.2 Å². The van der Waals surface area contributed by atoms with Crippen LogP contribution in [0.25, 0.3) is 23.0 Å². The molecule has 1 unspecified atom stereocenters. The van der Waals surface area contributed by atoms with E-state index in [9.17, 15) is 0 Å². The van der Waals surface area contributed by atoms with Crippen LogP contribution in [0.5, 0.6) is 0 Å². The quantitative estimate of drug-likeness (QED) is 0.720. The topological polar surface area (TPSA) is 115 Å². The normalized spacial score (nSPS) is 17.3. The molecule has 0 aromatic carbocycles. The predicted molar refractivity (Wildman–Crippen MR) is 81.2 cm³/mol. The van der Waals surface area contributed by atoms with E-state index in [1.165, 1.54) is 6.33 Å². The summed E-state index contributed by atoms with van der Waals surface area (Å²) in [5.41, 5.74) is 1.22. The van der Waals surface area contributed by atoms with Crippen molar-refractivity contribution in [2.24, 2.45) is 0 Å². The zero-order chi connectivity index (χ0) is 15.5. The Morgan fingerprint density at radius 2 is 2.17 bits per heavy atom. The van der Waals surface area contributed by atoms with Gasteiger partial charge in [0.2, 0.25) is 5.82 Å². The van der Waals surface area contributed by atoms with Crippen LogP contribution in [0.15, 0.2) is 35.6 Å². The van der Waals surface area contributed by atoms with Crippen molar-refractivity contribution in [3.8, 4) is 23.0 Å². The molecule has 23 heavy (non-hydrogen) atoms. The maximum atomic E-state index is 5.35. The number of rotatable bonds is 4. The average molecular weight is 310 g/mol. The van der Waals surface area contributed by atoms with Crippen LogP contribution in [0.4, 0.5) is 5.82 Å². The largest absolute Gasteiger partial charge is 0.365 e. The second-order valence-electron chi connectivity index (χ2n) is 5.13. The summed E-state index contributed by atoms with van der Waals surface area (Å²) < 4.78 is 5.35. The maximum absolute atomic E-state index is 5.35. The highest BCUT2D eigenvalue weighted by molar-refractivity contribution is 5.69. The third-order valence-electron chi connectivity index (χ3n) is 3.56. The number of nitrogens with one attached hydrogen (secondary N) is 2. The molecule has 1 saturated heterocycles.